The van der Waals surface area contributed by atoms with Crippen LogP contribution in [-0.4, -0.2) is 34.2 Å². The third-order valence-corrected chi connectivity index (χ3v) is 6.84. The fourth-order valence-corrected chi connectivity index (χ4v) is 4.98. The molecule has 1 spiro atoms. The van der Waals surface area contributed by atoms with Crippen molar-refractivity contribution in [2.24, 2.45) is 5.92 Å². The molecule has 2 N–H and O–H groups in total. The molecular weight excluding hydrogens is 408 g/mol. The summed E-state index contributed by atoms with van der Waals surface area (Å²) in [5.74, 6) is 1.69. The number of hydrogen-bond donors (Lipinski definition) is 2. The number of nitrogens with zero attached hydrogens (tertiary/aromatic N) is 2. The fourth-order valence-electron chi connectivity index (χ4n) is 3.42. The Balaban J connectivity index is 1.28. The first-order chi connectivity index (χ1) is 14.0. The molecule has 1 aliphatic heterocycles. The van der Waals surface area contributed by atoms with E-state index in [2.05, 4.69) is 34.7 Å². The quantitative estimate of drug-likeness (QED) is 0.607. The predicted octanol–water partition coefficient (Wildman–Crippen LogP) is 4.77. The Morgan fingerprint density at radius 2 is 2.00 bits per heavy atom. The second kappa shape index (κ2) is 8.79. The molecule has 2 aliphatic rings. The monoisotopic (exact) mass is 434 g/mol. The molecule has 1 aromatic heterocycles. The molecule has 1 fully saturated rings. The second-order valence-corrected chi connectivity index (χ2v) is 10.0. The average molecular weight is 435 g/mol. The number of nitrogens with one attached hydrogen (secondary N) is 2. The highest BCUT2D eigenvalue weighted by Gasteiger charge is 2.42. The smallest absolute Gasteiger partial charge is 0.251 e. The van der Waals surface area contributed by atoms with Crippen molar-refractivity contribution < 1.29 is 14.3 Å². The Hall–Kier alpha value is -2.00. The van der Waals surface area contributed by atoms with Crippen LogP contribution in [0.1, 0.15) is 46.0 Å². The number of carbonyl (C=O) groups excluding carboxylic acids is 1. The van der Waals surface area contributed by atoms with Crippen LogP contribution in [-0.2, 0) is 4.79 Å². The molecular formula is C20H26N4O3S2. The molecule has 1 aliphatic carbocycles. The van der Waals surface area contributed by atoms with Gasteiger partial charge in [0.1, 0.15) is 0 Å². The van der Waals surface area contributed by atoms with Gasteiger partial charge in [0.05, 0.1) is 5.75 Å². The molecule has 7 nitrogen and oxygen atoms in total. The van der Waals surface area contributed by atoms with Gasteiger partial charge in [-0.25, -0.2) is 0 Å². The number of aromatic nitrogens is 2. The van der Waals surface area contributed by atoms with Crippen LogP contribution in [0, 0.1) is 5.92 Å². The Morgan fingerprint density at radius 3 is 2.79 bits per heavy atom. The molecule has 1 amide bonds. The molecule has 4 rings (SSSR count). The van der Waals surface area contributed by atoms with E-state index in [-0.39, 0.29) is 11.7 Å². The average Bonchev–Trinajstić information content (AvgIpc) is 3.29. The third kappa shape index (κ3) is 5.14. The van der Waals surface area contributed by atoms with Crippen molar-refractivity contribution in [1.29, 1.82) is 0 Å². The highest BCUT2D eigenvalue weighted by molar-refractivity contribution is 8.01. The van der Waals surface area contributed by atoms with Crippen LogP contribution >= 0.6 is 23.1 Å². The lowest BCUT2D eigenvalue weighted by Gasteiger charge is -2.31. The van der Waals surface area contributed by atoms with Crippen LogP contribution in [0.25, 0.3) is 0 Å². The van der Waals surface area contributed by atoms with Gasteiger partial charge in [-0.15, -0.1) is 10.2 Å². The molecule has 0 radical (unpaired) electrons. The van der Waals surface area contributed by atoms with Crippen LogP contribution in [0.3, 0.4) is 0 Å². The van der Waals surface area contributed by atoms with Crippen molar-refractivity contribution >= 4 is 39.8 Å². The zero-order valence-corrected chi connectivity index (χ0v) is 18.3. The van der Waals surface area contributed by atoms with Crippen molar-refractivity contribution in [1.82, 2.24) is 10.2 Å². The number of carbonyl (C=O) groups is 1. The minimum absolute atomic E-state index is 0.0897. The van der Waals surface area contributed by atoms with E-state index in [0.29, 0.717) is 17.4 Å². The number of benzene rings is 1. The van der Waals surface area contributed by atoms with Gasteiger partial charge in [-0.05, 0) is 30.9 Å². The predicted molar refractivity (Wildman–Crippen MR) is 116 cm³/mol. The molecule has 0 unspecified atom stereocenters. The minimum atomic E-state index is -0.502. The molecule has 9 heteroatoms. The van der Waals surface area contributed by atoms with Crippen LogP contribution in [0.4, 0.5) is 10.8 Å². The first kappa shape index (κ1) is 20.3. The van der Waals surface area contributed by atoms with Gasteiger partial charge < -0.3 is 20.1 Å². The van der Waals surface area contributed by atoms with Gasteiger partial charge in [0, 0.05) is 31.1 Å². The number of anilines is 2. The van der Waals surface area contributed by atoms with Gasteiger partial charge in [-0.3, -0.25) is 4.79 Å². The van der Waals surface area contributed by atoms with E-state index in [4.69, 9.17) is 9.47 Å². The SMILES string of the molecule is CC(C)CNc1nnc(SCC(=O)Nc2ccc3c(c2)OC2(CCCCC2)O3)s1. The number of ether oxygens (including phenoxy) is 2. The number of rotatable bonds is 7. The van der Waals surface area contributed by atoms with Crippen LogP contribution in [0.15, 0.2) is 22.5 Å². The van der Waals surface area contributed by atoms with E-state index in [1.807, 2.05) is 18.2 Å². The largest absolute Gasteiger partial charge is 0.448 e. The maximum Gasteiger partial charge on any atom is 0.251 e. The summed E-state index contributed by atoms with van der Waals surface area (Å²) >= 11 is 2.85. The Labute approximate surface area is 179 Å². The number of hydrogen-bond acceptors (Lipinski definition) is 8. The minimum Gasteiger partial charge on any atom is -0.448 e. The van der Waals surface area contributed by atoms with E-state index in [9.17, 15) is 4.79 Å². The zero-order chi connectivity index (χ0) is 20.3. The summed E-state index contributed by atoms with van der Waals surface area (Å²) in [6, 6.07) is 5.57. The molecule has 0 atom stereocenters. The van der Waals surface area contributed by atoms with Crippen molar-refractivity contribution in [2.45, 2.75) is 56.1 Å². The van der Waals surface area contributed by atoms with Crippen molar-refractivity contribution in [2.75, 3.05) is 22.9 Å². The maximum atomic E-state index is 12.3. The summed E-state index contributed by atoms with van der Waals surface area (Å²) in [5.41, 5.74) is 0.711. The Bertz CT molecular complexity index is 865. The van der Waals surface area contributed by atoms with Crippen LogP contribution in [0.5, 0.6) is 11.5 Å². The molecule has 1 aromatic carbocycles. The lowest BCUT2D eigenvalue weighted by molar-refractivity contribution is -0.113. The standard InChI is InChI=1S/C20H26N4O3S2/c1-13(2)11-21-18-23-24-19(29-18)28-12-17(25)22-14-6-7-15-16(10-14)27-20(26-15)8-4-3-5-9-20/h6-7,10,13H,3-5,8-9,11-12H2,1-2H3,(H,21,23)(H,22,25). The summed E-state index contributed by atoms with van der Waals surface area (Å²) in [4.78, 5) is 12.3. The molecule has 2 aromatic rings. The van der Waals surface area contributed by atoms with Gasteiger partial charge in [0.2, 0.25) is 11.0 Å². The van der Waals surface area contributed by atoms with E-state index >= 15 is 0 Å². The summed E-state index contributed by atoms with van der Waals surface area (Å²) in [7, 11) is 0. The first-order valence-corrected chi connectivity index (χ1v) is 11.8. The van der Waals surface area contributed by atoms with Crippen LogP contribution in [0.2, 0.25) is 0 Å². The fraction of sp³-hybridized carbons (Fsp3) is 0.550. The van der Waals surface area contributed by atoms with Crippen molar-refractivity contribution in [3.05, 3.63) is 18.2 Å². The van der Waals surface area contributed by atoms with E-state index in [1.165, 1.54) is 29.5 Å². The van der Waals surface area contributed by atoms with E-state index in [0.717, 1.165) is 47.4 Å². The summed E-state index contributed by atoms with van der Waals surface area (Å²) in [6.45, 7) is 5.13. The topological polar surface area (TPSA) is 85.4 Å². The maximum absolute atomic E-state index is 12.3. The van der Waals surface area contributed by atoms with Gasteiger partial charge in [0.15, 0.2) is 15.8 Å². The van der Waals surface area contributed by atoms with Gasteiger partial charge >= 0.3 is 0 Å². The van der Waals surface area contributed by atoms with Crippen molar-refractivity contribution in [3.8, 4) is 11.5 Å². The molecule has 0 bridgehead atoms. The lowest BCUT2D eigenvalue weighted by atomic mass is 9.94. The van der Waals surface area contributed by atoms with Crippen molar-refractivity contribution in [3.63, 3.8) is 0 Å². The molecule has 1 saturated carbocycles. The van der Waals surface area contributed by atoms with Gasteiger partial charge in [0.25, 0.3) is 5.79 Å². The molecule has 0 saturated heterocycles. The Kier molecular flexibility index (Phi) is 6.15. The van der Waals surface area contributed by atoms with Gasteiger partial charge in [-0.2, -0.15) is 0 Å². The first-order valence-electron chi connectivity index (χ1n) is 10.0. The van der Waals surface area contributed by atoms with E-state index < -0.39 is 5.79 Å². The molecule has 2 heterocycles. The Morgan fingerprint density at radius 1 is 1.21 bits per heavy atom. The molecule has 29 heavy (non-hydrogen) atoms. The second-order valence-electron chi connectivity index (χ2n) is 7.82. The number of thioether (sulfide) groups is 1. The number of fused-ring (bicyclic) bond motifs is 1. The zero-order valence-electron chi connectivity index (χ0n) is 16.7. The van der Waals surface area contributed by atoms with E-state index in [1.54, 1.807) is 0 Å². The summed E-state index contributed by atoms with van der Waals surface area (Å²) in [5, 5.41) is 15.2. The normalized spacial score (nSPS) is 16.9. The van der Waals surface area contributed by atoms with Crippen LogP contribution < -0.4 is 20.1 Å². The summed E-state index contributed by atoms with van der Waals surface area (Å²) in [6.07, 6.45) is 5.30. The number of amides is 1. The third-order valence-electron chi connectivity index (χ3n) is 4.83. The highest BCUT2D eigenvalue weighted by Crippen LogP contribution is 2.46. The summed E-state index contributed by atoms with van der Waals surface area (Å²) < 4.78 is 13.0. The highest BCUT2D eigenvalue weighted by atomic mass is 32.2. The lowest BCUT2D eigenvalue weighted by Crippen LogP contribution is -2.40. The van der Waals surface area contributed by atoms with Gasteiger partial charge in [-0.1, -0.05) is 43.4 Å². The molecule has 156 valence electrons.